The van der Waals surface area contributed by atoms with Crippen LogP contribution in [-0.2, 0) is 12.8 Å². The molecule has 3 heteroatoms. The van der Waals surface area contributed by atoms with Gasteiger partial charge in [0.25, 0.3) is 0 Å². The van der Waals surface area contributed by atoms with Gasteiger partial charge in [-0.05, 0) is 37.7 Å². The zero-order valence-electron chi connectivity index (χ0n) is 12.0. The first kappa shape index (κ1) is 13.4. The maximum atomic E-state index is 10.7. The zero-order valence-corrected chi connectivity index (χ0v) is 12.0. The molecule has 0 fully saturated rings. The quantitative estimate of drug-likeness (QED) is 0.924. The number of aliphatic hydroxyl groups is 1. The van der Waals surface area contributed by atoms with E-state index < -0.39 is 6.10 Å². The lowest BCUT2D eigenvalue weighted by Crippen LogP contribution is -2.20. The third-order valence-corrected chi connectivity index (χ3v) is 4.34. The Kier molecular flexibility index (Phi) is 3.88. The molecule has 0 amide bonds. The summed E-state index contributed by atoms with van der Waals surface area (Å²) in [4.78, 5) is 4.55. The molecule has 1 heterocycles. The average Bonchev–Trinajstić information content (AvgIpc) is 2.93. The number of benzene rings is 1. The van der Waals surface area contributed by atoms with Crippen LogP contribution >= 0.6 is 0 Å². The van der Waals surface area contributed by atoms with Crippen LogP contribution in [0.15, 0.2) is 36.7 Å². The molecule has 2 atom stereocenters. The molecule has 20 heavy (non-hydrogen) atoms. The van der Waals surface area contributed by atoms with Crippen LogP contribution in [0, 0.1) is 0 Å². The summed E-state index contributed by atoms with van der Waals surface area (Å²) in [5, 5.41) is 10.7. The molecule has 3 nitrogen and oxygen atoms in total. The highest BCUT2D eigenvalue weighted by molar-refractivity contribution is 5.21. The summed E-state index contributed by atoms with van der Waals surface area (Å²) in [7, 11) is 0. The molecule has 0 saturated heterocycles. The number of aliphatic hydroxyl groups excluding tert-OH is 1. The number of aromatic nitrogens is 2. The van der Waals surface area contributed by atoms with Crippen LogP contribution in [0.25, 0.3) is 0 Å². The smallest absolute Gasteiger partial charge is 0.0997 e. The van der Waals surface area contributed by atoms with E-state index in [2.05, 4.69) is 16.5 Å². The van der Waals surface area contributed by atoms with E-state index in [1.54, 1.807) is 0 Å². The Bertz CT molecular complexity index is 562. The summed E-state index contributed by atoms with van der Waals surface area (Å²) in [6, 6.07) is 10.0. The highest BCUT2D eigenvalue weighted by atomic mass is 16.3. The van der Waals surface area contributed by atoms with E-state index in [-0.39, 0.29) is 6.04 Å². The lowest BCUT2D eigenvalue weighted by Gasteiger charge is -2.26. The molecule has 1 aliphatic carbocycles. The van der Waals surface area contributed by atoms with Gasteiger partial charge in [0, 0.05) is 5.69 Å². The van der Waals surface area contributed by atoms with Crippen LogP contribution in [0.2, 0.25) is 0 Å². The predicted octanol–water partition coefficient (Wildman–Crippen LogP) is 3.45. The standard InChI is InChI=1S/C17H22N2O/c1-2-15(17(20)13-8-4-3-5-9-13)19-12-18-14-10-6-7-11-16(14)19/h3-5,8-9,12,15,17,20H,2,6-7,10-11H2,1H3. The van der Waals surface area contributed by atoms with Crippen molar-refractivity contribution in [3.05, 3.63) is 53.6 Å². The van der Waals surface area contributed by atoms with E-state index in [1.807, 2.05) is 36.7 Å². The van der Waals surface area contributed by atoms with Gasteiger partial charge in [-0.1, -0.05) is 37.3 Å². The minimum atomic E-state index is -0.471. The van der Waals surface area contributed by atoms with Gasteiger partial charge in [-0.2, -0.15) is 0 Å². The zero-order chi connectivity index (χ0) is 13.9. The first-order valence-electron chi connectivity index (χ1n) is 7.59. The van der Waals surface area contributed by atoms with Crippen LogP contribution in [-0.4, -0.2) is 14.7 Å². The van der Waals surface area contributed by atoms with Crippen molar-refractivity contribution in [1.29, 1.82) is 0 Å². The highest BCUT2D eigenvalue weighted by Crippen LogP contribution is 2.32. The van der Waals surface area contributed by atoms with Crippen molar-refractivity contribution in [2.45, 2.75) is 51.2 Å². The number of nitrogens with zero attached hydrogens (tertiary/aromatic N) is 2. The molecular formula is C17H22N2O. The molecule has 2 aromatic rings. The van der Waals surface area contributed by atoms with Crippen LogP contribution < -0.4 is 0 Å². The second-order valence-corrected chi connectivity index (χ2v) is 5.58. The minimum absolute atomic E-state index is 0.0757. The molecule has 2 unspecified atom stereocenters. The number of rotatable bonds is 4. The lowest BCUT2D eigenvalue weighted by atomic mass is 9.97. The number of imidazole rings is 1. The van der Waals surface area contributed by atoms with Crippen molar-refractivity contribution in [1.82, 2.24) is 9.55 Å². The molecule has 1 aliphatic rings. The number of fused-ring (bicyclic) bond motifs is 1. The molecule has 1 aromatic heterocycles. The van der Waals surface area contributed by atoms with Crippen molar-refractivity contribution in [3.8, 4) is 0 Å². The topological polar surface area (TPSA) is 38.0 Å². The first-order chi connectivity index (χ1) is 9.81. The molecule has 1 N–H and O–H groups in total. The molecule has 1 aromatic carbocycles. The van der Waals surface area contributed by atoms with Crippen molar-refractivity contribution in [2.75, 3.05) is 0 Å². The third kappa shape index (κ3) is 2.38. The maximum Gasteiger partial charge on any atom is 0.0997 e. The van der Waals surface area contributed by atoms with Gasteiger partial charge in [0.05, 0.1) is 24.2 Å². The van der Waals surface area contributed by atoms with Crippen LogP contribution in [0.5, 0.6) is 0 Å². The lowest BCUT2D eigenvalue weighted by molar-refractivity contribution is 0.109. The Morgan fingerprint density at radius 3 is 2.70 bits per heavy atom. The Morgan fingerprint density at radius 1 is 1.20 bits per heavy atom. The molecule has 106 valence electrons. The monoisotopic (exact) mass is 270 g/mol. The second kappa shape index (κ2) is 5.80. The Hall–Kier alpha value is -1.61. The first-order valence-corrected chi connectivity index (χ1v) is 7.59. The molecule has 0 saturated carbocycles. The van der Waals surface area contributed by atoms with E-state index >= 15 is 0 Å². The predicted molar refractivity (Wildman–Crippen MR) is 79.6 cm³/mol. The molecular weight excluding hydrogens is 248 g/mol. The summed E-state index contributed by atoms with van der Waals surface area (Å²) in [6.07, 6.45) is 7.00. The average molecular weight is 270 g/mol. The van der Waals surface area contributed by atoms with Gasteiger partial charge in [-0.25, -0.2) is 4.98 Å². The summed E-state index contributed by atoms with van der Waals surface area (Å²) < 4.78 is 2.21. The normalized spacial score (nSPS) is 17.5. The van der Waals surface area contributed by atoms with E-state index in [0.717, 1.165) is 24.8 Å². The molecule has 0 aliphatic heterocycles. The van der Waals surface area contributed by atoms with Crippen LogP contribution in [0.3, 0.4) is 0 Å². The number of hydrogen-bond acceptors (Lipinski definition) is 2. The molecule has 0 bridgehead atoms. The maximum absolute atomic E-state index is 10.7. The van der Waals surface area contributed by atoms with E-state index in [0.29, 0.717) is 0 Å². The van der Waals surface area contributed by atoms with Crippen molar-refractivity contribution >= 4 is 0 Å². The van der Waals surface area contributed by atoms with Gasteiger partial charge < -0.3 is 9.67 Å². The highest BCUT2D eigenvalue weighted by Gasteiger charge is 2.25. The molecule has 0 spiro atoms. The number of hydrogen-bond donors (Lipinski definition) is 1. The Balaban J connectivity index is 1.92. The Morgan fingerprint density at radius 2 is 1.95 bits per heavy atom. The fourth-order valence-corrected chi connectivity index (χ4v) is 3.22. The summed E-state index contributed by atoms with van der Waals surface area (Å²) in [5.74, 6) is 0. The Labute approximate surface area is 120 Å². The number of aryl methyl sites for hydroxylation is 1. The third-order valence-electron chi connectivity index (χ3n) is 4.34. The van der Waals surface area contributed by atoms with Gasteiger partial charge in [-0.15, -0.1) is 0 Å². The van der Waals surface area contributed by atoms with Crippen LogP contribution in [0.4, 0.5) is 0 Å². The van der Waals surface area contributed by atoms with Gasteiger partial charge >= 0.3 is 0 Å². The summed E-state index contributed by atoms with van der Waals surface area (Å²) >= 11 is 0. The van der Waals surface area contributed by atoms with E-state index in [9.17, 15) is 5.11 Å². The van der Waals surface area contributed by atoms with Gasteiger partial charge in [0.15, 0.2) is 0 Å². The summed E-state index contributed by atoms with van der Waals surface area (Å²) in [6.45, 7) is 2.13. The SMILES string of the molecule is CCC(C(O)c1ccccc1)n1cnc2c1CCCC2. The van der Waals surface area contributed by atoms with Crippen LogP contribution in [0.1, 0.15) is 55.3 Å². The van der Waals surface area contributed by atoms with E-state index in [4.69, 9.17) is 0 Å². The van der Waals surface area contributed by atoms with Gasteiger partial charge in [-0.3, -0.25) is 0 Å². The minimum Gasteiger partial charge on any atom is -0.386 e. The van der Waals surface area contributed by atoms with Crippen molar-refractivity contribution < 1.29 is 5.11 Å². The molecule has 0 radical (unpaired) electrons. The van der Waals surface area contributed by atoms with Gasteiger partial charge in [0.1, 0.15) is 0 Å². The van der Waals surface area contributed by atoms with Crippen molar-refractivity contribution in [3.63, 3.8) is 0 Å². The van der Waals surface area contributed by atoms with E-state index in [1.165, 1.54) is 24.2 Å². The second-order valence-electron chi connectivity index (χ2n) is 5.58. The van der Waals surface area contributed by atoms with Crippen molar-refractivity contribution in [2.24, 2.45) is 0 Å². The van der Waals surface area contributed by atoms with Gasteiger partial charge in [0.2, 0.25) is 0 Å². The fourth-order valence-electron chi connectivity index (χ4n) is 3.22. The fraction of sp³-hybridized carbons (Fsp3) is 0.471. The summed E-state index contributed by atoms with van der Waals surface area (Å²) in [5.41, 5.74) is 3.55. The largest absolute Gasteiger partial charge is 0.386 e. The molecule has 3 rings (SSSR count).